The van der Waals surface area contributed by atoms with Crippen molar-refractivity contribution in [1.82, 2.24) is 9.62 Å². The molecular formula is C26H29N3O3S. The van der Waals surface area contributed by atoms with Gasteiger partial charge in [-0.05, 0) is 67.4 Å². The molecule has 1 saturated heterocycles. The van der Waals surface area contributed by atoms with Crippen LogP contribution < -0.4 is 10.0 Å². The Balaban J connectivity index is 1.41. The maximum Gasteiger partial charge on any atom is 0.255 e. The summed E-state index contributed by atoms with van der Waals surface area (Å²) in [5.41, 5.74) is 3.00. The van der Waals surface area contributed by atoms with Crippen LogP contribution in [0.1, 0.15) is 40.7 Å². The van der Waals surface area contributed by atoms with Crippen molar-refractivity contribution in [2.75, 3.05) is 18.4 Å². The largest absolute Gasteiger partial charge is 0.322 e. The van der Waals surface area contributed by atoms with Crippen molar-refractivity contribution in [3.05, 3.63) is 95.6 Å². The van der Waals surface area contributed by atoms with E-state index in [9.17, 15) is 13.2 Å². The molecule has 3 aromatic rings. The zero-order valence-electron chi connectivity index (χ0n) is 18.5. The van der Waals surface area contributed by atoms with Crippen LogP contribution in [0.4, 0.5) is 5.69 Å². The first-order valence-corrected chi connectivity index (χ1v) is 12.7. The Kier molecular flexibility index (Phi) is 7.54. The van der Waals surface area contributed by atoms with Crippen LogP contribution >= 0.6 is 0 Å². The molecule has 1 aliphatic rings. The summed E-state index contributed by atoms with van der Waals surface area (Å²) in [6, 6.07) is 23.2. The monoisotopic (exact) mass is 463 g/mol. The van der Waals surface area contributed by atoms with Gasteiger partial charge < -0.3 is 5.32 Å². The summed E-state index contributed by atoms with van der Waals surface area (Å²) >= 11 is 0. The van der Waals surface area contributed by atoms with Crippen molar-refractivity contribution >= 4 is 21.6 Å². The van der Waals surface area contributed by atoms with E-state index in [-0.39, 0.29) is 17.3 Å². The fourth-order valence-corrected chi connectivity index (χ4v) is 5.05. The van der Waals surface area contributed by atoms with E-state index in [1.165, 1.54) is 31.4 Å². The van der Waals surface area contributed by atoms with Gasteiger partial charge in [0.2, 0.25) is 10.0 Å². The molecule has 0 aromatic heterocycles. The number of rotatable bonds is 8. The molecule has 0 radical (unpaired) electrons. The summed E-state index contributed by atoms with van der Waals surface area (Å²) in [7, 11) is -3.75. The average Bonchev–Trinajstić information content (AvgIpc) is 2.84. The number of piperidine rings is 1. The Hall–Kier alpha value is -3.00. The quantitative estimate of drug-likeness (QED) is 0.519. The molecule has 1 amide bonds. The first-order chi connectivity index (χ1) is 16.0. The minimum Gasteiger partial charge on any atom is -0.322 e. The predicted molar refractivity (Wildman–Crippen MR) is 130 cm³/mol. The lowest BCUT2D eigenvalue weighted by Crippen LogP contribution is -2.29. The lowest BCUT2D eigenvalue weighted by molar-refractivity contribution is 0.102. The molecule has 2 N–H and O–H groups in total. The van der Waals surface area contributed by atoms with Crippen molar-refractivity contribution in [3.63, 3.8) is 0 Å². The van der Waals surface area contributed by atoms with Crippen molar-refractivity contribution < 1.29 is 13.2 Å². The predicted octanol–water partition coefficient (Wildman–Crippen LogP) is 4.40. The van der Waals surface area contributed by atoms with E-state index in [4.69, 9.17) is 0 Å². The van der Waals surface area contributed by atoms with Crippen LogP contribution in [0.2, 0.25) is 0 Å². The summed E-state index contributed by atoms with van der Waals surface area (Å²) in [4.78, 5) is 15.3. The minimum atomic E-state index is -3.75. The Morgan fingerprint density at radius 2 is 1.55 bits per heavy atom. The topological polar surface area (TPSA) is 78.5 Å². The van der Waals surface area contributed by atoms with Crippen LogP contribution in [0.15, 0.2) is 83.8 Å². The number of nitrogens with one attached hydrogen (secondary N) is 2. The van der Waals surface area contributed by atoms with Gasteiger partial charge in [-0.15, -0.1) is 0 Å². The number of amides is 1. The summed E-state index contributed by atoms with van der Waals surface area (Å²) in [5.74, 6) is -0.342. The highest BCUT2D eigenvalue weighted by Gasteiger charge is 2.17. The highest BCUT2D eigenvalue weighted by Crippen LogP contribution is 2.18. The van der Waals surface area contributed by atoms with Gasteiger partial charge in [0.25, 0.3) is 5.91 Å². The molecule has 1 heterocycles. The Bertz CT molecular complexity index is 1190. The molecule has 0 atom stereocenters. The first kappa shape index (κ1) is 23.2. The van der Waals surface area contributed by atoms with Gasteiger partial charge in [-0.2, -0.15) is 0 Å². The zero-order valence-corrected chi connectivity index (χ0v) is 19.4. The number of sulfonamides is 1. The number of carbonyl (C=O) groups is 1. The number of carbonyl (C=O) groups excluding carboxylic acids is 1. The normalized spacial score (nSPS) is 14.7. The van der Waals surface area contributed by atoms with E-state index in [2.05, 4.69) is 21.0 Å². The molecule has 6 nitrogen and oxygen atoms in total. The summed E-state index contributed by atoms with van der Waals surface area (Å²) in [6.45, 7) is 3.26. The second kappa shape index (κ2) is 10.7. The number of hydrogen-bond donors (Lipinski definition) is 2. The lowest BCUT2D eigenvalue weighted by atomic mass is 10.1. The van der Waals surface area contributed by atoms with Gasteiger partial charge in [0.05, 0.1) is 4.90 Å². The van der Waals surface area contributed by atoms with Crippen LogP contribution in [0.3, 0.4) is 0 Å². The van der Waals surface area contributed by atoms with E-state index in [0.717, 1.165) is 30.8 Å². The van der Waals surface area contributed by atoms with Gasteiger partial charge >= 0.3 is 0 Å². The summed E-state index contributed by atoms with van der Waals surface area (Å²) in [5, 5.41) is 2.90. The second-order valence-corrected chi connectivity index (χ2v) is 10.1. The number of likely N-dealkylation sites (tertiary alicyclic amines) is 1. The molecule has 7 heteroatoms. The van der Waals surface area contributed by atoms with Gasteiger partial charge in [-0.3, -0.25) is 9.69 Å². The SMILES string of the molecule is O=C(Nc1cccc(CN2CCCCC2)c1)c1cccc(S(=O)(=O)NCc2ccccc2)c1. The molecule has 33 heavy (non-hydrogen) atoms. The first-order valence-electron chi connectivity index (χ1n) is 11.3. The molecule has 0 spiro atoms. The molecule has 0 unspecified atom stereocenters. The highest BCUT2D eigenvalue weighted by molar-refractivity contribution is 7.89. The van der Waals surface area contributed by atoms with E-state index in [1.807, 2.05) is 48.5 Å². The number of benzene rings is 3. The Morgan fingerprint density at radius 1 is 0.818 bits per heavy atom. The number of nitrogens with zero attached hydrogens (tertiary/aromatic N) is 1. The summed E-state index contributed by atoms with van der Waals surface area (Å²) < 4.78 is 28.0. The molecule has 0 aliphatic carbocycles. The zero-order chi connectivity index (χ0) is 23.1. The highest BCUT2D eigenvalue weighted by atomic mass is 32.2. The van der Waals surface area contributed by atoms with E-state index in [0.29, 0.717) is 11.3 Å². The standard InChI is InChI=1S/C26H29N3O3S/c30-26(28-24-13-7-11-22(17-24)20-29-15-5-2-6-16-29)23-12-8-14-25(18-23)33(31,32)27-19-21-9-3-1-4-10-21/h1,3-4,7-14,17-18,27H,2,5-6,15-16,19-20H2,(H,28,30). The smallest absolute Gasteiger partial charge is 0.255 e. The van der Waals surface area contributed by atoms with E-state index >= 15 is 0 Å². The third-order valence-corrected chi connectivity index (χ3v) is 7.15. The fourth-order valence-electron chi connectivity index (χ4n) is 3.99. The van der Waals surface area contributed by atoms with E-state index < -0.39 is 10.0 Å². The minimum absolute atomic E-state index is 0.0601. The molecule has 4 rings (SSSR count). The van der Waals surface area contributed by atoms with Crippen molar-refractivity contribution in [2.24, 2.45) is 0 Å². The molecule has 3 aromatic carbocycles. The molecule has 172 valence electrons. The number of anilines is 1. The average molecular weight is 464 g/mol. The fraction of sp³-hybridized carbons (Fsp3) is 0.269. The van der Waals surface area contributed by atoms with Gasteiger partial charge in [0.1, 0.15) is 0 Å². The van der Waals surface area contributed by atoms with Crippen molar-refractivity contribution in [1.29, 1.82) is 0 Å². The van der Waals surface area contributed by atoms with Crippen molar-refractivity contribution in [3.8, 4) is 0 Å². The maximum atomic E-state index is 12.8. The molecule has 0 saturated carbocycles. The molecular weight excluding hydrogens is 434 g/mol. The van der Waals surface area contributed by atoms with Crippen LogP contribution in [-0.4, -0.2) is 32.3 Å². The van der Waals surface area contributed by atoms with Crippen LogP contribution in [0, 0.1) is 0 Å². The third-order valence-electron chi connectivity index (χ3n) is 5.76. The number of hydrogen-bond acceptors (Lipinski definition) is 4. The van der Waals surface area contributed by atoms with Crippen LogP contribution in [0.5, 0.6) is 0 Å². The van der Waals surface area contributed by atoms with Gasteiger partial charge in [0, 0.05) is 24.3 Å². The van der Waals surface area contributed by atoms with Crippen LogP contribution in [-0.2, 0) is 23.1 Å². The van der Waals surface area contributed by atoms with Crippen molar-refractivity contribution in [2.45, 2.75) is 37.2 Å². The van der Waals surface area contributed by atoms with Crippen LogP contribution in [0.25, 0.3) is 0 Å². The Labute approximate surface area is 195 Å². The Morgan fingerprint density at radius 3 is 2.33 bits per heavy atom. The van der Waals surface area contributed by atoms with Gasteiger partial charge in [-0.1, -0.05) is 55.0 Å². The maximum absolute atomic E-state index is 12.8. The van der Waals surface area contributed by atoms with Gasteiger partial charge in [-0.25, -0.2) is 13.1 Å². The van der Waals surface area contributed by atoms with Gasteiger partial charge in [0.15, 0.2) is 0 Å². The molecule has 1 fully saturated rings. The third kappa shape index (κ3) is 6.51. The molecule has 0 bridgehead atoms. The second-order valence-electron chi connectivity index (χ2n) is 8.33. The lowest BCUT2D eigenvalue weighted by Gasteiger charge is -2.26. The van der Waals surface area contributed by atoms with E-state index in [1.54, 1.807) is 12.1 Å². The summed E-state index contributed by atoms with van der Waals surface area (Å²) in [6.07, 6.45) is 3.76. The molecule has 1 aliphatic heterocycles.